The Morgan fingerprint density at radius 1 is 1.13 bits per heavy atom. The summed E-state index contributed by atoms with van der Waals surface area (Å²) in [6.45, 7) is 3.18. The number of nitrogens with one attached hydrogen (secondary N) is 1. The van der Waals surface area contributed by atoms with Crippen molar-refractivity contribution < 1.29 is 4.79 Å². The number of hydrogen-bond acceptors (Lipinski definition) is 3. The summed E-state index contributed by atoms with van der Waals surface area (Å²) < 4.78 is 1.54. The maximum absolute atomic E-state index is 12.6. The highest BCUT2D eigenvalue weighted by Crippen LogP contribution is 2.37. The summed E-state index contributed by atoms with van der Waals surface area (Å²) in [6.07, 6.45) is 10.3. The predicted octanol–water partition coefficient (Wildman–Crippen LogP) is 4.63. The highest BCUT2D eigenvalue weighted by Gasteiger charge is 2.29. The number of likely N-dealkylation sites (tertiary alicyclic amines) is 1. The van der Waals surface area contributed by atoms with Crippen LogP contribution in [-0.2, 0) is 7.05 Å². The van der Waals surface area contributed by atoms with Crippen molar-refractivity contribution in [2.75, 3.05) is 19.6 Å². The Morgan fingerprint density at radius 2 is 1.83 bits per heavy atom. The lowest BCUT2D eigenvalue weighted by Crippen LogP contribution is -2.46. The first-order chi connectivity index (χ1) is 14.6. The monoisotopic (exact) mass is 428 g/mol. The molecule has 6 heteroatoms. The summed E-state index contributed by atoms with van der Waals surface area (Å²) in [7, 11) is 1.75. The average molecular weight is 429 g/mol. The van der Waals surface area contributed by atoms with Crippen LogP contribution in [0, 0.1) is 5.92 Å². The minimum Gasteiger partial charge on any atom is -0.348 e. The van der Waals surface area contributed by atoms with Crippen LogP contribution in [0.5, 0.6) is 0 Å². The van der Waals surface area contributed by atoms with E-state index in [1.165, 1.54) is 43.9 Å². The van der Waals surface area contributed by atoms with Gasteiger partial charge in [0.05, 0.1) is 11.2 Å². The van der Waals surface area contributed by atoms with Gasteiger partial charge in [-0.15, -0.1) is 0 Å². The summed E-state index contributed by atoms with van der Waals surface area (Å²) in [5, 5.41) is 7.63. The molecule has 0 bridgehead atoms. The third-order valence-corrected chi connectivity index (χ3v) is 7.21. The van der Waals surface area contributed by atoms with Crippen LogP contribution < -0.4 is 5.32 Å². The van der Waals surface area contributed by atoms with Gasteiger partial charge in [-0.2, -0.15) is 5.10 Å². The Balaban J connectivity index is 1.34. The molecule has 2 aromatic rings. The molecule has 1 aromatic carbocycles. The third kappa shape index (κ3) is 5.06. The van der Waals surface area contributed by atoms with E-state index in [0.29, 0.717) is 16.6 Å². The number of carbonyl (C=O) groups is 1. The number of amides is 1. The average Bonchev–Trinajstić information content (AvgIpc) is 3.12. The molecule has 162 valence electrons. The van der Waals surface area contributed by atoms with Crippen molar-refractivity contribution in [3.63, 3.8) is 0 Å². The Labute approximate surface area is 184 Å². The standard InChI is InChI=1S/C24H33ClN4O/c1-28-23(22(25)16-26-28)24(30)27-20-12-14-29(15-13-20)17-21(18-8-4-2-5-9-18)19-10-6-3-7-11-19/h2,4-5,8-9,16,19-21H,3,6-7,10-15,17H2,1H3,(H,27,30)/t21-/m1/s1. The molecule has 1 N–H and O–H groups in total. The van der Waals surface area contributed by atoms with Crippen LogP contribution in [0.1, 0.15) is 66.9 Å². The van der Waals surface area contributed by atoms with Crippen molar-refractivity contribution in [3.05, 3.63) is 52.8 Å². The summed E-state index contributed by atoms with van der Waals surface area (Å²) in [5.74, 6) is 1.29. The predicted molar refractivity (Wildman–Crippen MR) is 121 cm³/mol. The molecule has 30 heavy (non-hydrogen) atoms. The molecule has 2 heterocycles. The molecule has 1 aliphatic heterocycles. The van der Waals surface area contributed by atoms with E-state index in [0.717, 1.165) is 38.4 Å². The quantitative estimate of drug-likeness (QED) is 0.729. The molecule has 5 nitrogen and oxygen atoms in total. The minimum atomic E-state index is -0.122. The van der Waals surface area contributed by atoms with Gasteiger partial charge in [0.25, 0.3) is 5.91 Å². The van der Waals surface area contributed by atoms with Gasteiger partial charge in [-0.1, -0.05) is 61.2 Å². The smallest absolute Gasteiger partial charge is 0.271 e. The van der Waals surface area contributed by atoms with Gasteiger partial charge in [0.1, 0.15) is 5.69 Å². The fourth-order valence-corrected chi connectivity index (χ4v) is 5.47. The summed E-state index contributed by atoms with van der Waals surface area (Å²) >= 11 is 6.12. The number of rotatable bonds is 6. The molecule has 1 atom stereocenters. The molecule has 1 aromatic heterocycles. The molecular formula is C24H33ClN4O. The number of aryl methyl sites for hydroxylation is 1. The Hall–Kier alpha value is -1.85. The highest BCUT2D eigenvalue weighted by molar-refractivity contribution is 6.33. The molecule has 0 spiro atoms. The number of benzene rings is 1. The zero-order chi connectivity index (χ0) is 20.9. The molecule has 0 unspecified atom stereocenters. The maximum Gasteiger partial charge on any atom is 0.271 e. The molecule has 1 saturated carbocycles. The molecule has 2 fully saturated rings. The molecule has 1 amide bonds. The zero-order valence-corrected chi connectivity index (χ0v) is 18.7. The Kier molecular flexibility index (Phi) is 7.11. The first-order valence-corrected chi connectivity index (χ1v) is 11.8. The molecule has 4 rings (SSSR count). The molecular weight excluding hydrogens is 396 g/mol. The van der Waals surface area contributed by atoms with Crippen molar-refractivity contribution in [1.82, 2.24) is 20.0 Å². The topological polar surface area (TPSA) is 50.2 Å². The Morgan fingerprint density at radius 3 is 2.47 bits per heavy atom. The van der Waals surface area contributed by atoms with Gasteiger partial charge >= 0.3 is 0 Å². The maximum atomic E-state index is 12.6. The van der Waals surface area contributed by atoms with E-state index >= 15 is 0 Å². The second-order valence-electron chi connectivity index (χ2n) is 8.93. The van der Waals surface area contributed by atoms with Crippen molar-refractivity contribution in [1.29, 1.82) is 0 Å². The van der Waals surface area contributed by atoms with Gasteiger partial charge in [0.2, 0.25) is 0 Å². The molecule has 1 saturated heterocycles. The fourth-order valence-electron chi connectivity index (χ4n) is 5.22. The first-order valence-electron chi connectivity index (χ1n) is 11.4. The number of aromatic nitrogens is 2. The minimum absolute atomic E-state index is 0.122. The second kappa shape index (κ2) is 9.97. The van der Waals surface area contributed by atoms with Crippen molar-refractivity contribution in [2.24, 2.45) is 13.0 Å². The number of hydrogen-bond donors (Lipinski definition) is 1. The van der Waals surface area contributed by atoms with E-state index in [2.05, 4.69) is 45.6 Å². The van der Waals surface area contributed by atoms with E-state index in [-0.39, 0.29) is 11.9 Å². The van der Waals surface area contributed by atoms with Gasteiger partial charge in [-0.3, -0.25) is 9.48 Å². The van der Waals surface area contributed by atoms with Crippen LogP contribution in [0.4, 0.5) is 0 Å². The third-order valence-electron chi connectivity index (χ3n) is 6.93. The van der Waals surface area contributed by atoms with Crippen LogP contribution in [-0.4, -0.2) is 46.3 Å². The van der Waals surface area contributed by atoms with Gasteiger partial charge in [-0.25, -0.2) is 0 Å². The number of piperidine rings is 1. The largest absolute Gasteiger partial charge is 0.348 e. The van der Waals surface area contributed by atoms with Crippen molar-refractivity contribution in [2.45, 2.75) is 56.9 Å². The van der Waals surface area contributed by atoms with Crippen molar-refractivity contribution in [3.8, 4) is 0 Å². The first kappa shape index (κ1) is 21.4. The lowest BCUT2D eigenvalue weighted by atomic mass is 9.76. The van der Waals surface area contributed by atoms with E-state index in [1.54, 1.807) is 11.7 Å². The number of carbonyl (C=O) groups excluding carboxylic acids is 1. The van der Waals surface area contributed by atoms with Crippen LogP contribution in [0.2, 0.25) is 5.02 Å². The van der Waals surface area contributed by atoms with Crippen LogP contribution in [0.15, 0.2) is 36.5 Å². The van der Waals surface area contributed by atoms with Gasteiger partial charge in [0, 0.05) is 32.7 Å². The SMILES string of the molecule is Cn1ncc(Cl)c1C(=O)NC1CCN(C[C@H](c2ccccc2)C2CCCCC2)CC1. The van der Waals surface area contributed by atoms with Crippen LogP contribution in [0.25, 0.3) is 0 Å². The van der Waals surface area contributed by atoms with Crippen LogP contribution >= 0.6 is 11.6 Å². The normalized spacial score (nSPS) is 20.2. The molecule has 2 aliphatic rings. The number of halogens is 1. The highest BCUT2D eigenvalue weighted by atomic mass is 35.5. The van der Waals surface area contributed by atoms with Crippen molar-refractivity contribution >= 4 is 17.5 Å². The fraction of sp³-hybridized carbons (Fsp3) is 0.583. The van der Waals surface area contributed by atoms with E-state index in [1.807, 2.05) is 0 Å². The van der Waals surface area contributed by atoms with Gasteiger partial charge in [0.15, 0.2) is 0 Å². The van der Waals surface area contributed by atoms with Crippen LogP contribution in [0.3, 0.4) is 0 Å². The van der Waals surface area contributed by atoms with E-state index < -0.39 is 0 Å². The summed E-state index contributed by atoms with van der Waals surface area (Å²) in [6, 6.07) is 11.3. The molecule has 0 radical (unpaired) electrons. The lowest BCUT2D eigenvalue weighted by Gasteiger charge is -2.38. The number of nitrogens with zero attached hydrogens (tertiary/aromatic N) is 3. The summed E-state index contributed by atoms with van der Waals surface area (Å²) in [4.78, 5) is 15.2. The Bertz CT molecular complexity index is 803. The summed E-state index contributed by atoms with van der Waals surface area (Å²) in [5.41, 5.74) is 1.94. The van der Waals surface area contributed by atoms with E-state index in [9.17, 15) is 4.79 Å². The zero-order valence-electron chi connectivity index (χ0n) is 17.9. The second-order valence-corrected chi connectivity index (χ2v) is 9.34. The van der Waals surface area contributed by atoms with E-state index in [4.69, 9.17) is 11.6 Å². The lowest BCUT2D eigenvalue weighted by molar-refractivity contribution is 0.0895. The van der Waals surface area contributed by atoms with Gasteiger partial charge < -0.3 is 10.2 Å². The van der Waals surface area contributed by atoms with Gasteiger partial charge in [-0.05, 0) is 43.1 Å². The molecule has 1 aliphatic carbocycles.